The van der Waals surface area contributed by atoms with E-state index in [0.717, 1.165) is 29.8 Å². The van der Waals surface area contributed by atoms with Gasteiger partial charge in [0.05, 0.1) is 0 Å². The Morgan fingerprint density at radius 2 is 2.00 bits per heavy atom. The molecule has 0 unspecified atom stereocenters. The molecule has 4 nitrogen and oxygen atoms in total. The lowest BCUT2D eigenvalue weighted by Gasteiger charge is -2.25. The van der Waals surface area contributed by atoms with E-state index in [2.05, 4.69) is 6.92 Å². The summed E-state index contributed by atoms with van der Waals surface area (Å²) >= 11 is 0. The molecule has 0 aliphatic heterocycles. The summed E-state index contributed by atoms with van der Waals surface area (Å²) in [5, 5.41) is 0. The van der Waals surface area contributed by atoms with Crippen LogP contribution in [-0.2, 0) is 11.2 Å². The molecule has 0 aromatic heterocycles. The van der Waals surface area contributed by atoms with Crippen LogP contribution in [0.1, 0.15) is 39.7 Å². The van der Waals surface area contributed by atoms with E-state index >= 15 is 0 Å². The first-order valence-electron chi connectivity index (χ1n) is 6.59. The SMILES string of the molecule is CCCc1ccc(N(C)C(=O)OC(C)(C)C)cc1N. The monoisotopic (exact) mass is 264 g/mol. The van der Waals surface area contributed by atoms with Crippen LogP contribution in [-0.4, -0.2) is 18.7 Å². The Labute approximate surface area is 115 Å². The summed E-state index contributed by atoms with van der Waals surface area (Å²) in [6.45, 7) is 7.65. The lowest BCUT2D eigenvalue weighted by atomic mass is 10.1. The summed E-state index contributed by atoms with van der Waals surface area (Å²) in [5.41, 5.74) is 8.07. The Bertz CT molecular complexity index is 450. The lowest BCUT2D eigenvalue weighted by molar-refractivity contribution is 0.0589. The molecule has 2 N–H and O–H groups in total. The normalized spacial score (nSPS) is 11.2. The molecule has 0 saturated carbocycles. The molecular formula is C15H24N2O2. The van der Waals surface area contributed by atoms with Gasteiger partial charge >= 0.3 is 6.09 Å². The highest BCUT2D eigenvalue weighted by atomic mass is 16.6. The van der Waals surface area contributed by atoms with Gasteiger partial charge in [0, 0.05) is 18.4 Å². The van der Waals surface area contributed by atoms with E-state index in [1.165, 1.54) is 4.90 Å². The van der Waals surface area contributed by atoms with Gasteiger partial charge in [-0.2, -0.15) is 0 Å². The number of anilines is 2. The van der Waals surface area contributed by atoms with Crippen molar-refractivity contribution >= 4 is 17.5 Å². The average Bonchev–Trinajstić information content (AvgIpc) is 2.29. The number of carbonyl (C=O) groups is 1. The van der Waals surface area contributed by atoms with Crippen molar-refractivity contribution in [3.63, 3.8) is 0 Å². The molecule has 1 rings (SSSR count). The van der Waals surface area contributed by atoms with Gasteiger partial charge in [-0.15, -0.1) is 0 Å². The van der Waals surface area contributed by atoms with E-state index in [9.17, 15) is 4.79 Å². The first-order valence-corrected chi connectivity index (χ1v) is 6.59. The predicted molar refractivity (Wildman–Crippen MR) is 79.5 cm³/mol. The fourth-order valence-corrected chi connectivity index (χ4v) is 1.72. The number of hydrogen-bond acceptors (Lipinski definition) is 3. The van der Waals surface area contributed by atoms with Crippen LogP contribution in [0.15, 0.2) is 18.2 Å². The fourth-order valence-electron chi connectivity index (χ4n) is 1.72. The van der Waals surface area contributed by atoms with Crippen LogP contribution in [0.5, 0.6) is 0 Å². The molecule has 4 heteroatoms. The molecule has 106 valence electrons. The van der Waals surface area contributed by atoms with Crippen LogP contribution in [0.3, 0.4) is 0 Å². The van der Waals surface area contributed by atoms with Crippen LogP contribution in [0.2, 0.25) is 0 Å². The van der Waals surface area contributed by atoms with Crippen LogP contribution in [0, 0.1) is 0 Å². The highest BCUT2D eigenvalue weighted by Crippen LogP contribution is 2.23. The maximum absolute atomic E-state index is 11.9. The number of carbonyl (C=O) groups excluding carboxylic acids is 1. The zero-order valence-electron chi connectivity index (χ0n) is 12.5. The minimum atomic E-state index is -0.501. The van der Waals surface area contributed by atoms with Crippen molar-refractivity contribution in [2.75, 3.05) is 17.7 Å². The molecule has 0 aliphatic carbocycles. The fraction of sp³-hybridized carbons (Fsp3) is 0.533. The summed E-state index contributed by atoms with van der Waals surface area (Å²) in [6.07, 6.45) is 1.61. The molecule has 0 saturated heterocycles. The van der Waals surface area contributed by atoms with E-state index in [-0.39, 0.29) is 6.09 Å². The summed E-state index contributed by atoms with van der Waals surface area (Å²) in [5.74, 6) is 0. The number of aryl methyl sites for hydroxylation is 1. The second-order valence-corrected chi connectivity index (χ2v) is 5.67. The molecule has 1 amide bonds. The van der Waals surface area contributed by atoms with Gasteiger partial charge in [0.2, 0.25) is 0 Å². The second-order valence-electron chi connectivity index (χ2n) is 5.67. The van der Waals surface area contributed by atoms with Crippen LogP contribution >= 0.6 is 0 Å². The Morgan fingerprint density at radius 3 is 2.47 bits per heavy atom. The van der Waals surface area contributed by atoms with Gasteiger partial charge in [-0.3, -0.25) is 4.90 Å². The van der Waals surface area contributed by atoms with Crippen molar-refractivity contribution in [2.45, 2.75) is 46.1 Å². The first-order chi connectivity index (χ1) is 8.74. The van der Waals surface area contributed by atoms with Crippen molar-refractivity contribution in [3.8, 4) is 0 Å². The molecule has 0 aliphatic rings. The van der Waals surface area contributed by atoms with Gasteiger partial charge in [-0.25, -0.2) is 4.79 Å². The van der Waals surface area contributed by atoms with Crippen LogP contribution < -0.4 is 10.6 Å². The number of nitrogen functional groups attached to an aromatic ring is 1. The van der Waals surface area contributed by atoms with Crippen LogP contribution in [0.4, 0.5) is 16.2 Å². The molecule has 19 heavy (non-hydrogen) atoms. The Balaban J connectivity index is 2.85. The van der Waals surface area contributed by atoms with E-state index in [1.807, 2.05) is 39.0 Å². The largest absolute Gasteiger partial charge is 0.443 e. The second kappa shape index (κ2) is 5.95. The highest BCUT2D eigenvalue weighted by molar-refractivity contribution is 5.88. The molecular weight excluding hydrogens is 240 g/mol. The standard InChI is InChI=1S/C15H24N2O2/c1-6-7-11-8-9-12(10-13(11)16)17(5)14(18)19-15(2,3)4/h8-10H,6-7,16H2,1-5H3. The summed E-state index contributed by atoms with van der Waals surface area (Å²) in [6, 6.07) is 5.68. The van der Waals surface area contributed by atoms with E-state index in [4.69, 9.17) is 10.5 Å². The number of ether oxygens (including phenoxy) is 1. The predicted octanol–water partition coefficient (Wildman–Crippen LogP) is 3.59. The molecule has 1 aromatic carbocycles. The van der Waals surface area contributed by atoms with E-state index < -0.39 is 5.60 Å². The molecule has 1 aromatic rings. The van der Waals surface area contributed by atoms with Crippen molar-refractivity contribution in [2.24, 2.45) is 0 Å². The van der Waals surface area contributed by atoms with Gasteiger partial charge in [-0.05, 0) is 44.9 Å². The van der Waals surface area contributed by atoms with Crippen molar-refractivity contribution in [3.05, 3.63) is 23.8 Å². The smallest absolute Gasteiger partial charge is 0.414 e. The number of nitrogens with zero attached hydrogens (tertiary/aromatic N) is 1. The number of hydrogen-bond donors (Lipinski definition) is 1. The maximum atomic E-state index is 11.9. The quantitative estimate of drug-likeness (QED) is 0.849. The third kappa shape index (κ3) is 4.47. The van der Waals surface area contributed by atoms with Gasteiger partial charge in [0.15, 0.2) is 0 Å². The molecule has 0 fully saturated rings. The molecule has 0 bridgehead atoms. The minimum absolute atomic E-state index is 0.379. The number of nitrogens with two attached hydrogens (primary N) is 1. The molecule has 0 atom stereocenters. The van der Waals surface area contributed by atoms with Gasteiger partial charge in [0.1, 0.15) is 5.60 Å². The topological polar surface area (TPSA) is 55.6 Å². The van der Waals surface area contributed by atoms with Crippen LogP contribution in [0.25, 0.3) is 0 Å². The lowest BCUT2D eigenvalue weighted by Crippen LogP contribution is -2.34. The third-order valence-corrected chi connectivity index (χ3v) is 2.70. The molecule has 0 spiro atoms. The van der Waals surface area contributed by atoms with Crippen molar-refractivity contribution in [1.82, 2.24) is 0 Å². The van der Waals surface area contributed by atoms with E-state index in [1.54, 1.807) is 7.05 Å². The number of rotatable bonds is 3. The highest BCUT2D eigenvalue weighted by Gasteiger charge is 2.20. The van der Waals surface area contributed by atoms with Crippen molar-refractivity contribution in [1.29, 1.82) is 0 Å². The summed E-state index contributed by atoms with van der Waals surface area (Å²) in [4.78, 5) is 13.4. The van der Waals surface area contributed by atoms with Crippen molar-refractivity contribution < 1.29 is 9.53 Å². The maximum Gasteiger partial charge on any atom is 0.414 e. The Morgan fingerprint density at radius 1 is 1.37 bits per heavy atom. The Hall–Kier alpha value is -1.71. The van der Waals surface area contributed by atoms with Gasteiger partial charge in [-0.1, -0.05) is 19.4 Å². The number of benzene rings is 1. The summed E-state index contributed by atoms with van der Waals surface area (Å²) < 4.78 is 5.32. The van der Waals surface area contributed by atoms with Gasteiger partial charge in [0.25, 0.3) is 0 Å². The number of amides is 1. The zero-order valence-corrected chi connectivity index (χ0v) is 12.5. The molecule has 0 heterocycles. The molecule has 0 radical (unpaired) electrons. The van der Waals surface area contributed by atoms with Gasteiger partial charge < -0.3 is 10.5 Å². The zero-order chi connectivity index (χ0) is 14.6. The van der Waals surface area contributed by atoms with E-state index in [0.29, 0.717) is 0 Å². The summed E-state index contributed by atoms with van der Waals surface area (Å²) in [7, 11) is 1.68. The minimum Gasteiger partial charge on any atom is -0.443 e. The Kier molecular flexibility index (Phi) is 4.81. The first kappa shape index (κ1) is 15.3. The third-order valence-electron chi connectivity index (χ3n) is 2.70. The average molecular weight is 264 g/mol.